The molecule has 33 heavy (non-hydrogen) atoms. The maximum atomic E-state index is 13.1. The Morgan fingerprint density at radius 2 is 1.61 bits per heavy atom. The predicted molar refractivity (Wildman–Crippen MR) is 131 cm³/mol. The lowest BCUT2D eigenvalue weighted by Gasteiger charge is -2.28. The van der Waals surface area contributed by atoms with Crippen molar-refractivity contribution in [1.82, 2.24) is 5.32 Å². The number of ether oxygens (including phenoxy) is 2. The van der Waals surface area contributed by atoms with E-state index in [1.807, 2.05) is 43.3 Å². The molecule has 1 fully saturated rings. The average molecular weight is 459 g/mol. The summed E-state index contributed by atoms with van der Waals surface area (Å²) in [5.74, 6) is 0.0770. The molecule has 0 spiro atoms. The first-order valence-corrected chi connectivity index (χ1v) is 10.9. The number of thiocarbonyl (C=S) groups is 1. The molecule has 1 aliphatic heterocycles. The van der Waals surface area contributed by atoms with Crippen LogP contribution in [0.15, 0.2) is 84.4 Å². The normalized spacial score (nSPS) is 14.9. The number of carbonyl (C=O) groups is 2. The fraction of sp³-hybridized carbons (Fsp3) is 0.115. The van der Waals surface area contributed by atoms with Crippen LogP contribution in [0.2, 0.25) is 0 Å². The maximum Gasteiger partial charge on any atom is 0.270 e. The molecule has 1 N–H and O–H groups in total. The van der Waals surface area contributed by atoms with E-state index >= 15 is 0 Å². The summed E-state index contributed by atoms with van der Waals surface area (Å²) in [5.41, 5.74) is 2.23. The van der Waals surface area contributed by atoms with Crippen LogP contribution >= 0.6 is 12.2 Å². The molecule has 2 amide bonds. The highest BCUT2D eigenvalue weighted by atomic mass is 32.1. The molecule has 0 unspecified atom stereocenters. The molecule has 1 saturated heterocycles. The van der Waals surface area contributed by atoms with Gasteiger partial charge in [0.15, 0.2) is 16.6 Å². The van der Waals surface area contributed by atoms with Gasteiger partial charge in [-0.3, -0.25) is 19.8 Å². The number of hydrogen-bond donors (Lipinski definition) is 1. The van der Waals surface area contributed by atoms with Crippen LogP contribution in [0.5, 0.6) is 11.5 Å². The van der Waals surface area contributed by atoms with Gasteiger partial charge < -0.3 is 9.47 Å². The average Bonchev–Trinajstić information content (AvgIpc) is 2.83. The molecule has 0 aromatic heterocycles. The van der Waals surface area contributed by atoms with E-state index in [9.17, 15) is 9.59 Å². The van der Waals surface area contributed by atoms with E-state index < -0.39 is 11.8 Å². The molecule has 0 radical (unpaired) electrons. The van der Waals surface area contributed by atoms with Gasteiger partial charge >= 0.3 is 0 Å². The van der Waals surface area contributed by atoms with Gasteiger partial charge in [-0.2, -0.15) is 0 Å². The smallest absolute Gasteiger partial charge is 0.270 e. The first-order valence-electron chi connectivity index (χ1n) is 10.5. The Bertz CT molecular complexity index is 1210. The second-order valence-corrected chi connectivity index (χ2v) is 7.59. The van der Waals surface area contributed by atoms with Crippen molar-refractivity contribution >= 4 is 40.9 Å². The SMILES string of the molecule is CCOc1cc(C=C2C(=O)NC(=S)N(c3ccccc3)C2=O)ccc1OCc1ccccc1. The highest BCUT2D eigenvalue weighted by Gasteiger charge is 2.34. The van der Waals surface area contributed by atoms with Crippen LogP contribution in [0.3, 0.4) is 0 Å². The Balaban J connectivity index is 1.61. The molecule has 6 nitrogen and oxygen atoms in total. The Morgan fingerprint density at radius 3 is 2.30 bits per heavy atom. The minimum atomic E-state index is -0.542. The van der Waals surface area contributed by atoms with Crippen LogP contribution in [-0.4, -0.2) is 23.5 Å². The van der Waals surface area contributed by atoms with Gasteiger partial charge in [0.2, 0.25) is 0 Å². The first-order chi connectivity index (χ1) is 16.1. The Kier molecular flexibility index (Phi) is 6.80. The van der Waals surface area contributed by atoms with E-state index in [1.165, 1.54) is 11.0 Å². The molecular weight excluding hydrogens is 436 g/mol. The van der Waals surface area contributed by atoms with Crippen molar-refractivity contribution < 1.29 is 19.1 Å². The van der Waals surface area contributed by atoms with Crippen LogP contribution in [-0.2, 0) is 16.2 Å². The van der Waals surface area contributed by atoms with Gasteiger partial charge in [-0.05, 0) is 60.6 Å². The zero-order chi connectivity index (χ0) is 23.2. The molecule has 0 saturated carbocycles. The number of amides is 2. The zero-order valence-corrected chi connectivity index (χ0v) is 18.8. The summed E-state index contributed by atoms with van der Waals surface area (Å²) in [5, 5.41) is 2.64. The Morgan fingerprint density at radius 1 is 0.909 bits per heavy atom. The van der Waals surface area contributed by atoms with Gasteiger partial charge in [0.1, 0.15) is 12.2 Å². The first kappa shape index (κ1) is 22.2. The third kappa shape index (κ3) is 5.10. The predicted octanol–water partition coefficient (Wildman–Crippen LogP) is 4.50. The molecular formula is C26H22N2O4S. The summed E-state index contributed by atoms with van der Waals surface area (Å²) in [6, 6.07) is 24.1. The maximum absolute atomic E-state index is 13.1. The Hall–Kier alpha value is -3.97. The van der Waals surface area contributed by atoms with Gasteiger partial charge in [0.05, 0.1) is 12.3 Å². The van der Waals surface area contributed by atoms with Crippen LogP contribution < -0.4 is 19.7 Å². The van der Waals surface area contributed by atoms with Crippen molar-refractivity contribution in [3.8, 4) is 11.5 Å². The lowest BCUT2D eigenvalue weighted by atomic mass is 10.1. The van der Waals surface area contributed by atoms with E-state index in [4.69, 9.17) is 21.7 Å². The summed E-state index contributed by atoms with van der Waals surface area (Å²) < 4.78 is 11.7. The summed E-state index contributed by atoms with van der Waals surface area (Å²) in [6.45, 7) is 2.71. The lowest BCUT2D eigenvalue weighted by molar-refractivity contribution is -0.122. The molecule has 0 atom stereocenters. The van der Waals surface area contributed by atoms with Gasteiger partial charge in [-0.1, -0.05) is 54.6 Å². The van der Waals surface area contributed by atoms with E-state index in [0.29, 0.717) is 36.0 Å². The molecule has 7 heteroatoms. The number of nitrogens with zero attached hydrogens (tertiary/aromatic N) is 1. The second kappa shape index (κ2) is 10.1. The molecule has 4 rings (SSSR count). The third-order valence-corrected chi connectivity index (χ3v) is 5.22. The largest absolute Gasteiger partial charge is 0.490 e. The molecule has 3 aromatic rings. The van der Waals surface area contributed by atoms with E-state index in [1.54, 1.807) is 42.5 Å². The van der Waals surface area contributed by atoms with Crippen LogP contribution in [0.25, 0.3) is 6.08 Å². The monoisotopic (exact) mass is 458 g/mol. The minimum absolute atomic E-state index is 0.0205. The molecule has 1 aliphatic rings. The van der Waals surface area contributed by atoms with Gasteiger partial charge in [0.25, 0.3) is 11.8 Å². The van der Waals surface area contributed by atoms with Crippen LogP contribution in [0, 0.1) is 0 Å². The van der Waals surface area contributed by atoms with Gasteiger partial charge in [-0.15, -0.1) is 0 Å². The van der Waals surface area contributed by atoms with Crippen molar-refractivity contribution in [3.05, 3.63) is 95.6 Å². The van der Waals surface area contributed by atoms with E-state index in [-0.39, 0.29) is 10.7 Å². The van der Waals surface area contributed by atoms with Gasteiger partial charge in [-0.25, -0.2) is 0 Å². The third-order valence-electron chi connectivity index (χ3n) is 4.93. The fourth-order valence-corrected chi connectivity index (χ4v) is 3.65. The van der Waals surface area contributed by atoms with Crippen molar-refractivity contribution in [2.24, 2.45) is 0 Å². The van der Waals surface area contributed by atoms with E-state index in [2.05, 4.69) is 5.32 Å². The number of para-hydroxylation sites is 1. The summed E-state index contributed by atoms with van der Waals surface area (Å²) in [7, 11) is 0. The number of hydrogen-bond acceptors (Lipinski definition) is 5. The quantitative estimate of drug-likeness (QED) is 0.321. The topological polar surface area (TPSA) is 67.9 Å². The standard InChI is InChI=1S/C26H22N2O4S/c1-2-31-23-16-19(13-14-22(23)32-17-18-9-5-3-6-10-18)15-21-24(29)27-26(33)28(25(21)30)20-11-7-4-8-12-20/h3-16H,2,17H2,1H3,(H,27,29,33). The molecule has 3 aromatic carbocycles. The number of carbonyl (C=O) groups excluding carboxylic acids is 2. The van der Waals surface area contributed by atoms with E-state index in [0.717, 1.165) is 5.56 Å². The van der Waals surface area contributed by atoms with Gasteiger partial charge in [0, 0.05) is 0 Å². The summed E-state index contributed by atoms with van der Waals surface area (Å²) in [6.07, 6.45) is 1.53. The van der Waals surface area contributed by atoms with Crippen molar-refractivity contribution in [1.29, 1.82) is 0 Å². The highest BCUT2D eigenvalue weighted by Crippen LogP contribution is 2.31. The fourth-order valence-electron chi connectivity index (χ4n) is 3.37. The number of rotatable bonds is 7. The van der Waals surface area contributed by atoms with Crippen molar-refractivity contribution in [3.63, 3.8) is 0 Å². The highest BCUT2D eigenvalue weighted by molar-refractivity contribution is 7.80. The molecule has 1 heterocycles. The van der Waals surface area contributed by atoms with Crippen LogP contribution in [0.1, 0.15) is 18.1 Å². The summed E-state index contributed by atoms with van der Waals surface area (Å²) >= 11 is 5.23. The zero-order valence-electron chi connectivity index (χ0n) is 18.0. The minimum Gasteiger partial charge on any atom is -0.490 e. The number of nitrogens with one attached hydrogen (secondary N) is 1. The van der Waals surface area contributed by atoms with Crippen LogP contribution in [0.4, 0.5) is 5.69 Å². The Labute approximate surface area is 197 Å². The number of benzene rings is 3. The molecule has 0 aliphatic carbocycles. The molecule has 0 bridgehead atoms. The molecule has 166 valence electrons. The van der Waals surface area contributed by atoms with Crippen molar-refractivity contribution in [2.45, 2.75) is 13.5 Å². The van der Waals surface area contributed by atoms with Crippen molar-refractivity contribution in [2.75, 3.05) is 11.5 Å². The summed E-state index contributed by atoms with van der Waals surface area (Å²) in [4.78, 5) is 27.0. The number of anilines is 1. The lowest BCUT2D eigenvalue weighted by Crippen LogP contribution is -2.54. The second-order valence-electron chi connectivity index (χ2n) is 7.21.